The summed E-state index contributed by atoms with van der Waals surface area (Å²) in [4.78, 5) is 14.6. The van der Waals surface area contributed by atoms with Gasteiger partial charge in [-0.1, -0.05) is 39.2 Å². The molecular weight excluding hydrogens is 718 g/mol. The fourth-order valence-electron chi connectivity index (χ4n) is 3.29. The first-order chi connectivity index (χ1) is 16.9. The van der Waals surface area contributed by atoms with Gasteiger partial charge in [0.15, 0.2) is 0 Å². The maximum atomic E-state index is 12.1. The van der Waals surface area contributed by atoms with Crippen molar-refractivity contribution >= 4 is 34.4 Å². The third kappa shape index (κ3) is 13.6. The summed E-state index contributed by atoms with van der Waals surface area (Å²) < 4.78 is 12.1. The number of hydrogen-bond acceptors (Lipinski definition) is 7. The number of allylic oxidation sites excluding steroid dienone is 2. The summed E-state index contributed by atoms with van der Waals surface area (Å²) in [6, 6.07) is 5.56. The summed E-state index contributed by atoms with van der Waals surface area (Å²) in [5.74, 6) is 0.973. The van der Waals surface area contributed by atoms with Crippen molar-refractivity contribution in [3.63, 3.8) is 0 Å². The van der Waals surface area contributed by atoms with Gasteiger partial charge in [0.05, 0.1) is 14.8 Å². The van der Waals surface area contributed by atoms with Crippen molar-refractivity contribution < 1.29 is 40.1 Å². The standard InChI is InChI=1S/C19H25N5OS2.C3H7.C2H6.CH2NO.U/c20-10-4-7-18(21)24-14-8-9-15(17(11-14)27(22)25)16-12-23-19(26-16)13-5-2-1-3-6-13;1-3-2;1-2;2-1-3;/h4,7-13,24H,1-3,5-6,20-22H2;3H,1-2H3;1-2H3;(H2,2,3);/q;-1;;-1;+2/b10-4-,18-7+;;;;. The summed E-state index contributed by atoms with van der Waals surface area (Å²) >= 11 is 1.67. The van der Waals surface area contributed by atoms with E-state index >= 15 is 0 Å². The fourth-order valence-corrected chi connectivity index (χ4v) is 5.12. The summed E-state index contributed by atoms with van der Waals surface area (Å²) in [5, 5.41) is 9.94. The Morgan fingerprint density at radius 2 is 1.83 bits per heavy atom. The van der Waals surface area contributed by atoms with Gasteiger partial charge in [-0.15, -0.1) is 11.3 Å². The van der Waals surface area contributed by atoms with Crippen molar-refractivity contribution in [3.8, 4) is 10.4 Å². The minimum atomic E-state index is -1.62. The molecule has 9 N–H and O–H groups in total. The van der Waals surface area contributed by atoms with Crippen LogP contribution in [0, 0.1) is 37.5 Å². The Hall–Kier alpha value is -1.64. The molecule has 198 valence electrons. The summed E-state index contributed by atoms with van der Waals surface area (Å²) in [5.41, 5.74) is 16.8. The molecule has 36 heavy (non-hydrogen) atoms. The van der Waals surface area contributed by atoms with Gasteiger partial charge in [0.1, 0.15) is 16.8 Å². The minimum Gasteiger partial charge on any atom is -0.543 e. The number of hydrogen-bond donors (Lipinski definition) is 5. The van der Waals surface area contributed by atoms with Crippen LogP contribution in [-0.2, 0) is 15.8 Å². The Bertz CT molecular complexity index is 944. The van der Waals surface area contributed by atoms with Crippen LogP contribution >= 0.6 is 11.3 Å². The number of rotatable bonds is 6. The van der Waals surface area contributed by atoms with Crippen molar-refractivity contribution in [1.82, 2.24) is 4.98 Å². The zero-order chi connectivity index (χ0) is 26.6. The Labute approximate surface area is 246 Å². The van der Waals surface area contributed by atoms with E-state index in [0.717, 1.165) is 16.9 Å². The van der Waals surface area contributed by atoms with E-state index in [1.54, 1.807) is 29.6 Å². The quantitative estimate of drug-likeness (QED) is 0.162. The van der Waals surface area contributed by atoms with Crippen LogP contribution in [0.2, 0.25) is 0 Å². The molecule has 1 fully saturated rings. The van der Waals surface area contributed by atoms with Crippen LogP contribution in [0.3, 0.4) is 0 Å². The van der Waals surface area contributed by atoms with Crippen LogP contribution in [0.4, 0.5) is 5.69 Å². The summed E-state index contributed by atoms with van der Waals surface area (Å²) in [6.45, 7) is 8.00. The minimum absolute atomic E-state index is 0. The molecule has 1 aromatic heterocycles. The normalized spacial score (nSPS) is 14.0. The summed E-state index contributed by atoms with van der Waals surface area (Å²) in [7, 11) is -1.62. The maximum Gasteiger partial charge on any atom is 2.00 e. The van der Waals surface area contributed by atoms with Gasteiger partial charge >= 0.3 is 31.1 Å². The van der Waals surface area contributed by atoms with E-state index in [9.17, 15) is 4.21 Å². The second-order valence-electron chi connectivity index (χ2n) is 7.23. The zero-order valence-corrected chi connectivity index (χ0v) is 27.4. The van der Waals surface area contributed by atoms with E-state index in [2.05, 4.69) is 16.0 Å². The van der Waals surface area contributed by atoms with Crippen molar-refractivity contribution in [1.29, 1.82) is 0 Å². The Morgan fingerprint density at radius 1 is 1.25 bits per heavy atom. The zero-order valence-electron chi connectivity index (χ0n) is 21.6. The second-order valence-corrected chi connectivity index (χ2v) is 9.33. The number of anilines is 1. The predicted molar refractivity (Wildman–Crippen MR) is 150 cm³/mol. The van der Waals surface area contributed by atoms with Gasteiger partial charge in [-0.05, 0) is 43.3 Å². The number of benzene rings is 1. The van der Waals surface area contributed by atoms with Crippen molar-refractivity contribution in [3.05, 3.63) is 60.0 Å². The average Bonchev–Trinajstić information content (AvgIpc) is 3.36. The molecule has 11 heteroatoms. The molecule has 1 aliphatic rings. The molecule has 0 radical (unpaired) electrons. The number of primary amides is 1. The maximum absolute atomic E-state index is 12.1. The van der Waals surface area contributed by atoms with Crippen LogP contribution in [0.15, 0.2) is 53.5 Å². The van der Waals surface area contributed by atoms with Gasteiger partial charge in [0.25, 0.3) is 0 Å². The molecule has 1 amide bonds. The Kier molecular flexibility index (Phi) is 22.9. The first kappa shape index (κ1) is 36.5. The first-order valence-corrected chi connectivity index (χ1v) is 13.6. The molecule has 8 nitrogen and oxygen atoms in total. The van der Waals surface area contributed by atoms with Gasteiger partial charge in [0, 0.05) is 23.4 Å². The second kappa shape index (κ2) is 22.6. The van der Waals surface area contributed by atoms with E-state index in [4.69, 9.17) is 21.4 Å². The number of nitrogens with zero attached hydrogens (tertiary/aromatic N) is 1. The first-order valence-electron chi connectivity index (χ1n) is 11.6. The van der Waals surface area contributed by atoms with Gasteiger partial charge in [-0.25, -0.2) is 14.3 Å². The van der Waals surface area contributed by atoms with Crippen LogP contribution in [0.25, 0.3) is 10.4 Å². The summed E-state index contributed by atoms with van der Waals surface area (Å²) in [6.07, 6.45) is 15.8. The fraction of sp³-hybridized carbons (Fsp3) is 0.400. The topological polar surface area (TPSA) is 163 Å². The molecule has 3 rings (SSSR count). The average molecular weight is 759 g/mol. The molecular formula is C25H40N6O2S2U. The molecule has 1 aromatic carbocycles. The van der Waals surface area contributed by atoms with Crippen molar-refractivity contribution in [2.24, 2.45) is 22.3 Å². The molecule has 1 heterocycles. The van der Waals surface area contributed by atoms with E-state index in [1.165, 1.54) is 43.3 Å². The van der Waals surface area contributed by atoms with E-state index in [-0.39, 0.29) is 31.1 Å². The third-order valence-corrected chi connectivity index (χ3v) is 6.58. The molecule has 1 saturated carbocycles. The van der Waals surface area contributed by atoms with Crippen molar-refractivity contribution in [2.75, 3.05) is 5.32 Å². The SMILES string of the molecule is CC.C[CH-]C.N/C=C\C=C(/N)Nc1ccc(-c2cnc(C3CCCCC3)s2)c(S(N)=O)c1.N[C-]=O.[U+2]. The van der Waals surface area contributed by atoms with Crippen LogP contribution in [0.1, 0.15) is 70.7 Å². The number of nitrogens with two attached hydrogens (primary N) is 4. The molecule has 0 aliphatic heterocycles. The smallest absolute Gasteiger partial charge is 0.543 e. The number of thiazole rings is 1. The van der Waals surface area contributed by atoms with Gasteiger partial charge in [-0.2, -0.15) is 20.3 Å². The largest absolute Gasteiger partial charge is 2.00 e. The van der Waals surface area contributed by atoms with E-state index < -0.39 is 11.0 Å². The molecule has 1 aliphatic carbocycles. The monoisotopic (exact) mass is 758 g/mol. The van der Waals surface area contributed by atoms with E-state index in [0.29, 0.717) is 22.3 Å². The number of amides is 1. The number of carbonyl (C=O) groups excluding carboxylic acids is 1. The van der Waals surface area contributed by atoms with E-state index in [1.807, 2.05) is 52.4 Å². The molecule has 0 bridgehead atoms. The van der Waals surface area contributed by atoms with Gasteiger partial charge in [-0.3, -0.25) is 0 Å². The molecule has 2 aromatic rings. The van der Waals surface area contributed by atoms with Gasteiger partial charge < -0.3 is 33.7 Å². The molecule has 0 spiro atoms. The third-order valence-electron chi connectivity index (χ3n) is 4.62. The molecule has 0 saturated heterocycles. The molecule has 1 unspecified atom stereocenters. The van der Waals surface area contributed by atoms with Crippen LogP contribution < -0.4 is 27.7 Å². The number of nitrogens with one attached hydrogen (secondary N) is 1. The van der Waals surface area contributed by atoms with Crippen LogP contribution in [-0.4, -0.2) is 15.6 Å². The Morgan fingerprint density at radius 3 is 2.36 bits per heavy atom. The predicted octanol–water partition coefficient (Wildman–Crippen LogP) is 4.79. The molecule has 1 atom stereocenters. The van der Waals surface area contributed by atoms with Crippen molar-refractivity contribution in [2.45, 2.75) is 70.6 Å². The number of aromatic nitrogens is 1. The van der Waals surface area contributed by atoms with Gasteiger partial charge in [0.2, 0.25) is 0 Å². The Balaban J connectivity index is 0. The van der Waals surface area contributed by atoms with Crippen LogP contribution in [0.5, 0.6) is 0 Å².